The van der Waals surface area contributed by atoms with E-state index in [0.717, 1.165) is 42.8 Å². The van der Waals surface area contributed by atoms with Crippen molar-refractivity contribution in [3.05, 3.63) is 23.9 Å². The van der Waals surface area contributed by atoms with Crippen LogP contribution in [0.1, 0.15) is 52.9 Å². The van der Waals surface area contributed by atoms with E-state index in [0.29, 0.717) is 5.92 Å². The number of hydrogen-bond donors (Lipinski definition) is 0. The molecule has 2 aliphatic carbocycles. The van der Waals surface area contributed by atoms with Crippen molar-refractivity contribution in [3.8, 4) is 0 Å². The third kappa shape index (κ3) is 2.66. The van der Waals surface area contributed by atoms with Crippen molar-refractivity contribution in [2.75, 3.05) is 0 Å². The molecule has 2 aliphatic rings. The molecule has 0 aromatic rings. The third-order valence-corrected chi connectivity index (χ3v) is 4.56. The van der Waals surface area contributed by atoms with Crippen molar-refractivity contribution in [1.82, 2.24) is 4.90 Å². The van der Waals surface area contributed by atoms with Gasteiger partial charge in [0.2, 0.25) is 0 Å². The van der Waals surface area contributed by atoms with Crippen LogP contribution >= 0.6 is 12.2 Å². The van der Waals surface area contributed by atoms with Gasteiger partial charge in [0.15, 0.2) is 5.78 Å². The van der Waals surface area contributed by atoms with Crippen LogP contribution in [0.3, 0.4) is 0 Å². The maximum atomic E-state index is 12.3. The van der Waals surface area contributed by atoms with E-state index in [1.165, 1.54) is 0 Å². The van der Waals surface area contributed by atoms with Crippen molar-refractivity contribution < 1.29 is 4.79 Å². The zero-order valence-corrected chi connectivity index (χ0v) is 12.9. The first kappa shape index (κ1) is 14.4. The molecule has 0 radical (unpaired) electrons. The molecular formula is C16H23NOS. The van der Waals surface area contributed by atoms with Gasteiger partial charge in [-0.1, -0.05) is 44.1 Å². The third-order valence-electron chi connectivity index (χ3n) is 4.38. The van der Waals surface area contributed by atoms with Crippen LogP contribution in [-0.4, -0.2) is 21.2 Å². The fraction of sp³-hybridized carbons (Fsp3) is 0.625. The number of ketones is 1. The molecule has 0 spiro atoms. The smallest absolute Gasteiger partial charge is 0.155 e. The van der Waals surface area contributed by atoms with E-state index in [4.69, 9.17) is 12.2 Å². The predicted molar refractivity (Wildman–Crippen MR) is 83.0 cm³/mol. The summed E-state index contributed by atoms with van der Waals surface area (Å²) in [4.78, 5) is 15.2. The highest BCUT2D eigenvalue weighted by Crippen LogP contribution is 2.39. The highest BCUT2D eigenvalue weighted by Gasteiger charge is 2.45. The lowest BCUT2D eigenvalue weighted by molar-refractivity contribution is -0.125. The Bertz CT molecular complexity index is 444. The van der Waals surface area contributed by atoms with E-state index in [1.807, 2.05) is 6.92 Å². The molecule has 2 rings (SSSR count). The summed E-state index contributed by atoms with van der Waals surface area (Å²) in [6, 6.07) is 0. The fourth-order valence-corrected chi connectivity index (χ4v) is 3.59. The fourth-order valence-electron chi connectivity index (χ4n) is 3.31. The Morgan fingerprint density at radius 3 is 2.42 bits per heavy atom. The first-order chi connectivity index (χ1) is 8.97. The summed E-state index contributed by atoms with van der Waals surface area (Å²) in [6.45, 7) is 5.85. The van der Waals surface area contributed by atoms with Gasteiger partial charge in [0.05, 0.1) is 4.99 Å². The van der Waals surface area contributed by atoms with E-state index in [1.54, 1.807) is 6.92 Å². The lowest BCUT2D eigenvalue weighted by atomic mass is 9.88. The van der Waals surface area contributed by atoms with Crippen molar-refractivity contribution in [2.24, 2.45) is 5.92 Å². The van der Waals surface area contributed by atoms with Gasteiger partial charge in [-0.15, -0.1) is 0 Å². The summed E-state index contributed by atoms with van der Waals surface area (Å²) in [5, 5.41) is 0. The van der Waals surface area contributed by atoms with E-state index >= 15 is 0 Å². The van der Waals surface area contributed by atoms with Gasteiger partial charge in [0.25, 0.3) is 0 Å². The number of thiocarbonyl (C=S) groups is 1. The largest absolute Gasteiger partial charge is 0.323 e. The molecule has 0 bridgehead atoms. The summed E-state index contributed by atoms with van der Waals surface area (Å²) >= 11 is 5.45. The second-order valence-corrected chi connectivity index (χ2v) is 6.44. The second-order valence-electron chi connectivity index (χ2n) is 5.85. The Morgan fingerprint density at radius 2 is 2.00 bits per heavy atom. The van der Waals surface area contributed by atoms with Gasteiger partial charge in [0.1, 0.15) is 5.54 Å². The van der Waals surface area contributed by atoms with Crippen molar-refractivity contribution in [3.63, 3.8) is 0 Å². The van der Waals surface area contributed by atoms with E-state index in [-0.39, 0.29) is 11.3 Å². The summed E-state index contributed by atoms with van der Waals surface area (Å²) in [5.41, 5.74) is 0.727. The standard InChI is InChI=1S/C16H23NOS/c1-12-6-8-15(9-7-12)17(14(3)19)16(13(2)18)10-4-5-11-16/h6,8-9,12H,4-5,7,10-11H2,1-3H3. The lowest BCUT2D eigenvalue weighted by Crippen LogP contribution is -2.52. The zero-order chi connectivity index (χ0) is 14.0. The molecule has 104 valence electrons. The second kappa shape index (κ2) is 5.58. The molecule has 0 amide bonds. The van der Waals surface area contributed by atoms with Gasteiger partial charge < -0.3 is 4.90 Å². The molecule has 0 N–H and O–H groups in total. The number of carbonyl (C=O) groups is 1. The zero-order valence-electron chi connectivity index (χ0n) is 12.1. The molecule has 3 heteroatoms. The molecule has 0 saturated heterocycles. The first-order valence-corrected chi connectivity index (χ1v) is 7.58. The van der Waals surface area contributed by atoms with Gasteiger partial charge in [-0.2, -0.15) is 0 Å². The van der Waals surface area contributed by atoms with Crippen LogP contribution in [0, 0.1) is 5.92 Å². The molecule has 1 fully saturated rings. The maximum absolute atomic E-state index is 12.3. The predicted octanol–water partition coefficient (Wildman–Crippen LogP) is 4.02. The molecule has 0 aromatic heterocycles. The molecular weight excluding hydrogens is 254 g/mol. The summed E-state index contributed by atoms with van der Waals surface area (Å²) in [6.07, 6.45) is 11.7. The van der Waals surface area contributed by atoms with Crippen LogP contribution in [0.25, 0.3) is 0 Å². The van der Waals surface area contributed by atoms with E-state index in [9.17, 15) is 4.79 Å². The molecule has 1 saturated carbocycles. The monoisotopic (exact) mass is 277 g/mol. The van der Waals surface area contributed by atoms with Crippen molar-refractivity contribution >= 4 is 23.0 Å². The van der Waals surface area contributed by atoms with Crippen LogP contribution in [0.2, 0.25) is 0 Å². The minimum atomic E-state index is -0.386. The first-order valence-electron chi connectivity index (χ1n) is 7.17. The molecule has 0 heterocycles. The van der Waals surface area contributed by atoms with Gasteiger partial charge in [-0.25, -0.2) is 0 Å². The Labute approximate surface area is 121 Å². The molecule has 1 atom stereocenters. The highest BCUT2D eigenvalue weighted by molar-refractivity contribution is 7.80. The lowest BCUT2D eigenvalue weighted by Gasteiger charge is -2.42. The number of Topliss-reactive ketones (excluding diaryl/α,β-unsaturated/α-hetero) is 1. The number of allylic oxidation sites excluding steroid dienone is 3. The van der Waals surface area contributed by atoms with Crippen LogP contribution in [0.5, 0.6) is 0 Å². The van der Waals surface area contributed by atoms with Gasteiger partial charge in [-0.05, 0) is 45.1 Å². The molecule has 2 nitrogen and oxygen atoms in total. The van der Waals surface area contributed by atoms with Crippen LogP contribution in [0.4, 0.5) is 0 Å². The van der Waals surface area contributed by atoms with Crippen LogP contribution in [-0.2, 0) is 4.79 Å². The Balaban J connectivity index is 2.37. The van der Waals surface area contributed by atoms with Crippen molar-refractivity contribution in [2.45, 2.75) is 58.4 Å². The minimum absolute atomic E-state index is 0.252. The average molecular weight is 277 g/mol. The summed E-state index contributed by atoms with van der Waals surface area (Å²) in [7, 11) is 0. The van der Waals surface area contributed by atoms with Gasteiger partial charge in [0, 0.05) is 5.70 Å². The highest BCUT2D eigenvalue weighted by atomic mass is 32.1. The number of carbonyl (C=O) groups excluding carboxylic acids is 1. The number of rotatable bonds is 3. The molecule has 19 heavy (non-hydrogen) atoms. The summed E-state index contributed by atoms with van der Waals surface area (Å²) in [5.74, 6) is 0.829. The van der Waals surface area contributed by atoms with Crippen LogP contribution < -0.4 is 0 Å². The summed E-state index contributed by atoms with van der Waals surface area (Å²) < 4.78 is 0. The number of hydrogen-bond acceptors (Lipinski definition) is 2. The van der Waals surface area contributed by atoms with E-state index in [2.05, 4.69) is 30.1 Å². The topological polar surface area (TPSA) is 20.3 Å². The van der Waals surface area contributed by atoms with E-state index < -0.39 is 0 Å². The van der Waals surface area contributed by atoms with Gasteiger partial charge in [-0.3, -0.25) is 4.79 Å². The Hall–Kier alpha value is -0.960. The Kier molecular flexibility index (Phi) is 4.24. The quantitative estimate of drug-likeness (QED) is 0.727. The average Bonchev–Trinajstić information content (AvgIpc) is 2.82. The van der Waals surface area contributed by atoms with Crippen LogP contribution in [0.15, 0.2) is 23.9 Å². The van der Waals surface area contributed by atoms with Gasteiger partial charge >= 0.3 is 0 Å². The molecule has 0 aromatic carbocycles. The maximum Gasteiger partial charge on any atom is 0.155 e. The SMILES string of the molecule is CC(=O)C1(N(C(C)=S)C2=CCC(C)C=C2)CCCC1. The molecule has 0 aliphatic heterocycles. The van der Waals surface area contributed by atoms with Crippen molar-refractivity contribution in [1.29, 1.82) is 0 Å². The number of nitrogens with zero attached hydrogens (tertiary/aromatic N) is 1. The minimum Gasteiger partial charge on any atom is -0.323 e. The Morgan fingerprint density at radius 1 is 1.37 bits per heavy atom. The normalized spacial score (nSPS) is 25.0. The molecule has 1 unspecified atom stereocenters.